The number of benzene rings is 3. The summed E-state index contributed by atoms with van der Waals surface area (Å²) in [6.45, 7) is 2.11. The van der Waals surface area contributed by atoms with Crippen LogP contribution in [-0.2, 0) is 19.3 Å². The Bertz CT molecular complexity index is 1210. The van der Waals surface area contributed by atoms with Crippen LogP contribution in [0.15, 0.2) is 78.7 Å². The normalized spacial score (nSPS) is 16.1. The zero-order valence-electron chi connectivity index (χ0n) is 20.1. The van der Waals surface area contributed by atoms with Gasteiger partial charge in [-0.3, -0.25) is 0 Å². The maximum atomic E-state index is 13.8. The quantitative estimate of drug-likeness (QED) is 0.323. The minimum Gasteiger partial charge on any atom is -0.509 e. The van der Waals surface area contributed by atoms with Crippen molar-refractivity contribution in [3.05, 3.63) is 113 Å². The van der Waals surface area contributed by atoms with Crippen molar-refractivity contribution in [2.24, 2.45) is 0 Å². The summed E-state index contributed by atoms with van der Waals surface area (Å²) in [6, 6.07) is 17.1. The number of nitrogens with one attached hydrogen (secondary N) is 2. The Morgan fingerprint density at radius 3 is 2.56 bits per heavy atom. The molecule has 0 spiro atoms. The number of aliphatic hydroxyl groups excluding tert-OH is 1. The van der Waals surface area contributed by atoms with Crippen LogP contribution in [0, 0.1) is 11.6 Å². The Morgan fingerprint density at radius 1 is 1.08 bits per heavy atom. The van der Waals surface area contributed by atoms with Gasteiger partial charge in [0.15, 0.2) is 0 Å². The maximum Gasteiger partial charge on any atom is 0.413 e. The van der Waals surface area contributed by atoms with E-state index in [4.69, 9.17) is 4.74 Å². The van der Waals surface area contributed by atoms with Crippen molar-refractivity contribution in [1.82, 2.24) is 10.6 Å². The van der Waals surface area contributed by atoms with Crippen LogP contribution in [0.3, 0.4) is 0 Å². The van der Waals surface area contributed by atoms with Crippen LogP contribution in [0.5, 0.6) is 5.75 Å². The van der Waals surface area contributed by atoms with Gasteiger partial charge in [0, 0.05) is 18.7 Å². The van der Waals surface area contributed by atoms with E-state index in [-0.39, 0.29) is 23.8 Å². The van der Waals surface area contributed by atoms with Crippen LogP contribution in [0.25, 0.3) is 0 Å². The van der Waals surface area contributed by atoms with Gasteiger partial charge in [-0.15, -0.1) is 0 Å². The molecule has 0 heterocycles. The number of halogens is 2. The van der Waals surface area contributed by atoms with Crippen LogP contribution < -0.4 is 15.4 Å². The number of ether oxygens (including phenoxy) is 1. The number of aryl methyl sites for hydroxylation is 2. The molecule has 2 unspecified atom stereocenters. The number of fused-ring (bicyclic) bond motifs is 1. The Labute approximate surface area is 209 Å². The molecule has 0 saturated heterocycles. The molecular weight excluding hydrogens is 462 g/mol. The van der Waals surface area contributed by atoms with Gasteiger partial charge in [0.1, 0.15) is 23.1 Å². The summed E-state index contributed by atoms with van der Waals surface area (Å²) in [5.41, 5.74) is 4.00. The monoisotopic (exact) mass is 492 g/mol. The van der Waals surface area contributed by atoms with E-state index < -0.39 is 23.8 Å². The largest absolute Gasteiger partial charge is 0.509 e. The fraction of sp³-hybridized carbons (Fsp3) is 0.276. The van der Waals surface area contributed by atoms with Crippen molar-refractivity contribution in [2.45, 2.75) is 51.1 Å². The molecule has 0 aromatic heterocycles. The summed E-state index contributed by atoms with van der Waals surface area (Å²) in [5, 5.41) is 16.8. The van der Waals surface area contributed by atoms with Gasteiger partial charge in [0.05, 0.1) is 12.1 Å². The summed E-state index contributed by atoms with van der Waals surface area (Å²) in [6.07, 6.45) is 4.48. The zero-order valence-corrected chi connectivity index (χ0v) is 20.1. The van der Waals surface area contributed by atoms with Crippen LogP contribution in [0.2, 0.25) is 0 Å². The van der Waals surface area contributed by atoms with E-state index in [1.165, 1.54) is 35.0 Å². The molecule has 1 aliphatic carbocycles. The molecule has 3 aromatic carbocycles. The van der Waals surface area contributed by atoms with Gasteiger partial charge >= 0.3 is 6.09 Å². The average molecular weight is 493 g/mol. The number of aliphatic hydroxyl groups is 1. The average Bonchev–Trinajstić information content (AvgIpc) is 2.86. The molecule has 7 heteroatoms. The summed E-state index contributed by atoms with van der Waals surface area (Å²) >= 11 is 0. The Kier molecular flexibility index (Phi) is 8.21. The minimum absolute atomic E-state index is 0.00549. The van der Waals surface area contributed by atoms with Gasteiger partial charge in [-0.25, -0.2) is 13.6 Å². The third-order valence-corrected chi connectivity index (χ3v) is 6.33. The molecule has 2 atom stereocenters. The molecule has 1 aliphatic rings. The second kappa shape index (κ2) is 11.7. The molecule has 3 aromatic rings. The third-order valence-electron chi connectivity index (χ3n) is 6.33. The lowest BCUT2D eigenvalue weighted by Crippen LogP contribution is -2.40. The van der Waals surface area contributed by atoms with E-state index in [2.05, 4.69) is 35.8 Å². The lowest BCUT2D eigenvalue weighted by atomic mass is 9.86. The van der Waals surface area contributed by atoms with E-state index in [9.17, 15) is 18.7 Å². The van der Waals surface area contributed by atoms with E-state index in [0.717, 1.165) is 31.7 Å². The predicted octanol–water partition coefficient (Wildman–Crippen LogP) is 6.29. The van der Waals surface area contributed by atoms with Gasteiger partial charge in [-0.2, -0.15) is 0 Å². The van der Waals surface area contributed by atoms with Crippen molar-refractivity contribution in [2.75, 3.05) is 0 Å². The Morgan fingerprint density at radius 2 is 1.83 bits per heavy atom. The number of para-hydroxylation sites is 1. The standard InChI is InChI=1S/C29H30F2N2O3/c1-2-19-11-12-21-7-6-10-26(25(21)15-19)32-18-28(34)27(16-20-13-22(30)17-23(31)14-20)33-29(35)36-24-8-4-3-5-9-24/h3-5,8-9,11-15,17-18,26-27,32,34H,2,6-7,10,16H2,1H3,(H,33,35)/b28-18-. The molecule has 0 saturated carbocycles. The smallest absolute Gasteiger partial charge is 0.413 e. The second-order valence-electron chi connectivity index (χ2n) is 8.95. The molecule has 5 nitrogen and oxygen atoms in total. The first-order valence-corrected chi connectivity index (χ1v) is 12.2. The van der Waals surface area contributed by atoms with Crippen LogP contribution in [0.1, 0.15) is 48.1 Å². The lowest BCUT2D eigenvalue weighted by Gasteiger charge is -2.27. The summed E-state index contributed by atoms with van der Waals surface area (Å²) in [7, 11) is 0. The maximum absolute atomic E-state index is 13.8. The summed E-state index contributed by atoms with van der Waals surface area (Å²) in [4.78, 5) is 12.6. The van der Waals surface area contributed by atoms with Gasteiger partial charge < -0.3 is 20.5 Å². The number of rotatable bonds is 8. The lowest BCUT2D eigenvalue weighted by molar-refractivity contribution is 0.193. The molecule has 0 fully saturated rings. The highest BCUT2D eigenvalue weighted by Gasteiger charge is 2.22. The van der Waals surface area contributed by atoms with Crippen molar-refractivity contribution < 1.29 is 23.4 Å². The molecule has 0 bridgehead atoms. The molecule has 4 rings (SSSR count). The second-order valence-corrected chi connectivity index (χ2v) is 8.95. The van der Waals surface area contributed by atoms with Gasteiger partial charge in [-0.1, -0.05) is 43.3 Å². The van der Waals surface area contributed by atoms with E-state index in [0.29, 0.717) is 5.75 Å². The number of amides is 1. The molecule has 36 heavy (non-hydrogen) atoms. The first-order valence-electron chi connectivity index (χ1n) is 12.2. The highest BCUT2D eigenvalue weighted by Crippen LogP contribution is 2.31. The van der Waals surface area contributed by atoms with Gasteiger partial charge in [0.2, 0.25) is 0 Å². The Balaban J connectivity index is 1.53. The summed E-state index contributed by atoms with van der Waals surface area (Å²) in [5.74, 6) is -1.31. The molecular formula is C29H30F2N2O3. The molecule has 1 amide bonds. The zero-order chi connectivity index (χ0) is 25.5. The topological polar surface area (TPSA) is 70.6 Å². The van der Waals surface area contributed by atoms with Crippen LogP contribution >= 0.6 is 0 Å². The van der Waals surface area contributed by atoms with Crippen LogP contribution in [0.4, 0.5) is 13.6 Å². The van der Waals surface area contributed by atoms with Crippen molar-refractivity contribution in [1.29, 1.82) is 0 Å². The van der Waals surface area contributed by atoms with Gasteiger partial charge in [-0.05, 0) is 72.2 Å². The highest BCUT2D eigenvalue weighted by molar-refractivity contribution is 5.71. The number of hydrogen-bond donors (Lipinski definition) is 3. The highest BCUT2D eigenvalue weighted by atomic mass is 19.1. The SMILES string of the molecule is CCc1ccc2c(c1)C(N/C=C(\O)C(Cc1cc(F)cc(F)c1)NC(=O)Oc1ccccc1)CCC2. The first kappa shape index (κ1) is 25.2. The van der Waals surface area contributed by atoms with E-state index in [1.54, 1.807) is 30.3 Å². The molecule has 188 valence electrons. The predicted molar refractivity (Wildman–Crippen MR) is 135 cm³/mol. The number of carbonyl (C=O) groups excluding carboxylic acids is 1. The van der Waals surface area contributed by atoms with Crippen LogP contribution in [-0.4, -0.2) is 17.2 Å². The third kappa shape index (κ3) is 6.62. The molecule has 3 N–H and O–H groups in total. The minimum atomic E-state index is -0.972. The van der Waals surface area contributed by atoms with Crippen molar-refractivity contribution in [3.63, 3.8) is 0 Å². The van der Waals surface area contributed by atoms with Crippen molar-refractivity contribution in [3.8, 4) is 5.75 Å². The fourth-order valence-electron chi connectivity index (χ4n) is 4.49. The summed E-state index contributed by atoms with van der Waals surface area (Å²) < 4.78 is 32.9. The number of hydrogen-bond acceptors (Lipinski definition) is 4. The van der Waals surface area contributed by atoms with E-state index >= 15 is 0 Å². The molecule has 0 aliphatic heterocycles. The first-order chi connectivity index (χ1) is 17.4. The fourth-order valence-corrected chi connectivity index (χ4v) is 4.49. The molecule has 0 radical (unpaired) electrons. The Hall–Kier alpha value is -3.87. The van der Waals surface area contributed by atoms with Crippen molar-refractivity contribution >= 4 is 6.09 Å². The number of carbonyl (C=O) groups is 1. The van der Waals surface area contributed by atoms with Gasteiger partial charge in [0.25, 0.3) is 0 Å². The van der Waals surface area contributed by atoms with E-state index in [1.807, 2.05) is 0 Å².